The van der Waals surface area contributed by atoms with Gasteiger partial charge in [0.25, 0.3) is 0 Å². The van der Waals surface area contributed by atoms with E-state index < -0.39 is 0 Å². The monoisotopic (exact) mass is 258 g/mol. The van der Waals surface area contributed by atoms with Gasteiger partial charge in [0.05, 0.1) is 12.1 Å². The number of hydrogen-bond acceptors (Lipinski definition) is 3. The van der Waals surface area contributed by atoms with Gasteiger partial charge in [-0.2, -0.15) is 0 Å². The first-order valence-electron chi connectivity index (χ1n) is 6.79. The number of nitrogens with one attached hydrogen (secondary N) is 1. The molecule has 3 heteroatoms. The van der Waals surface area contributed by atoms with Crippen molar-refractivity contribution in [2.45, 2.75) is 25.8 Å². The lowest BCUT2D eigenvalue weighted by atomic mass is 9.95. The van der Waals surface area contributed by atoms with Crippen molar-refractivity contribution in [1.29, 1.82) is 0 Å². The van der Waals surface area contributed by atoms with Crippen molar-refractivity contribution in [2.75, 3.05) is 20.3 Å². The highest BCUT2D eigenvalue weighted by Gasteiger charge is 2.14. The van der Waals surface area contributed by atoms with Crippen LogP contribution >= 0.6 is 0 Å². The Morgan fingerprint density at radius 1 is 1.26 bits per heavy atom. The van der Waals surface area contributed by atoms with Gasteiger partial charge in [-0.15, -0.1) is 0 Å². The number of pyridine rings is 1. The summed E-state index contributed by atoms with van der Waals surface area (Å²) in [7, 11) is 1.73. The number of benzene rings is 1. The highest BCUT2D eigenvalue weighted by Crippen LogP contribution is 2.22. The molecule has 0 aliphatic carbocycles. The van der Waals surface area contributed by atoms with Gasteiger partial charge < -0.3 is 10.1 Å². The minimum Gasteiger partial charge on any atom is -0.383 e. The van der Waals surface area contributed by atoms with E-state index in [0.717, 1.165) is 18.7 Å². The maximum atomic E-state index is 5.06. The summed E-state index contributed by atoms with van der Waals surface area (Å²) in [6.45, 7) is 6.06. The number of rotatable bonds is 6. The van der Waals surface area contributed by atoms with Gasteiger partial charge in [0.15, 0.2) is 0 Å². The van der Waals surface area contributed by atoms with E-state index in [2.05, 4.69) is 42.3 Å². The van der Waals surface area contributed by atoms with Crippen molar-refractivity contribution in [3.63, 3.8) is 0 Å². The molecule has 0 fully saturated rings. The zero-order chi connectivity index (χ0) is 13.7. The first-order chi connectivity index (χ1) is 9.22. The predicted octanol–water partition coefficient (Wildman–Crippen LogP) is 2.96. The number of para-hydroxylation sites is 1. The fourth-order valence-corrected chi connectivity index (χ4v) is 2.19. The van der Waals surface area contributed by atoms with Crippen LogP contribution in [0.4, 0.5) is 0 Å². The number of aromatic nitrogens is 1. The topological polar surface area (TPSA) is 34.1 Å². The third-order valence-corrected chi connectivity index (χ3v) is 3.66. The molecule has 0 saturated heterocycles. The van der Waals surface area contributed by atoms with E-state index in [4.69, 9.17) is 4.74 Å². The predicted molar refractivity (Wildman–Crippen MR) is 79.5 cm³/mol. The van der Waals surface area contributed by atoms with Gasteiger partial charge in [0.2, 0.25) is 0 Å². The average Bonchev–Trinajstić information content (AvgIpc) is 2.46. The van der Waals surface area contributed by atoms with Crippen molar-refractivity contribution < 1.29 is 4.74 Å². The normalized spacial score (nSPS) is 14.5. The minimum absolute atomic E-state index is 0.401. The van der Waals surface area contributed by atoms with Crippen LogP contribution in [0.5, 0.6) is 0 Å². The summed E-state index contributed by atoms with van der Waals surface area (Å²) in [5.74, 6) is 0.425. The molecule has 0 aliphatic rings. The zero-order valence-corrected chi connectivity index (χ0v) is 11.9. The molecule has 19 heavy (non-hydrogen) atoms. The second kappa shape index (κ2) is 6.64. The zero-order valence-electron chi connectivity index (χ0n) is 11.9. The number of nitrogens with zero attached hydrogens (tertiary/aromatic N) is 1. The minimum atomic E-state index is 0.401. The molecule has 0 bridgehead atoms. The maximum absolute atomic E-state index is 5.06. The largest absolute Gasteiger partial charge is 0.383 e. The van der Waals surface area contributed by atoms with Crippen LogP contribution in [-0.4, -0.2) is 31.3 Å². The highest BCUT2D eigenvalue weighted by atomic mass is 16.5. The summed E-state index contributed by atoms with van der Waals surface area (Å²) >= 11 is 0. The van der Waals surface area contributed by atoms with Crippen LogP contribution in [0.1, 0.15) is 25.3 Å². The average molecular weight is 258 g/mol. The fraction of sp³-hybridized carbons (Fsp3) is 0.438. The van der Waals surface area contributed by atoms with E-state index >= 15 is 0 Å². The third kappa shape index (κ3) is 3.52. The lowest BCUT2D eigenvalue weighted by Crippen LogP contribution is -2.33. The Hall–Kier alpha value is -1.45. The molecule has 102 valence electrons. The van der Waals surface area contributed by atoms with Crippen molar-refractivity contribution in [3.05, 3.63) is 42.1 Å². The molecule has 2 rings (SSSR count). The van der Waals surface area contributed by atoms with Crippen LogP contribution in [0.15, 0.2) is 36.5 Å². The quantitative estimate of drug-likeness (QED) is 0.809. The summed E-state index contributed by atoms with van der Waals surface area (Å²) in [5.41, 5.74) is 2.33. The molecule has 1 aromatic carbocycles. The molecule has 1 heterocycles. The number of methoxy groups -OCH3 is 1. The SMILES string of the molecule is COCCNC(C)C(C)c1cnc2ccccc2c1. The molecule has 0 amide bonds. The standard InChI is InChI=1S/C16H22N2O/c1-12(13(2)17-8-9-19-3)15-10-14-6-4-5-7-16(14)18-11-15/h4-7,10-13,17H,8-9H2,1-3H3. The Bertz CT molecular complexity index is 527. The molecule has 0 aliphatic heterocycles. The Kier molecular flexibility index (Phi) is 4.88. The van der Waals surface area contributed by atoms with E-state index in [-0.39, 0.29) is 0 Å². The summed E-state index contributed by atoms with van der Waals surface area (Å²) in [6.07, 6.45) is 1.99. The summed E-state index contributed by atoms with van der Waals surface area (Å²) in [4.78, 5) is 4.53. The highest BCUT2D eigenvalue weighted by molar-refractivity contribution is 5.78. The van der Waals surface area contributed by atoms with Crippen molar-refractivity contribution >= 4 is 10.9 Å². The second-order valence-electron chi connectivity index (χ2n) is 4.99. The van der Waals surface area contributed by atoms with Crippen LogP contribution in [0.2, 0.25) is 0 Å². The Morgan fingerprint density at radius 2 is 2.05 bits per heavy atom. The van der Waals surface area contributed by atoms with Gasteiger partial charge in [-0.3, -0.25) is 4.98 Å². The molecule has 2 unspecified atom stereocenters. The Balaban J connectivity index is 2.09. The van der Waals surface area contributed by atoms with Gasteiger partial charge in [-0.25, -0.2) is 0 Å². The Morgan fingerprint density at radius 3 is 2.84 bits per heavy atom. The van der Waals surface area contributed by atoms with Crippen LogP contribution in [-0.2, 0) is 4.74 Å². The summed E-state index contributed by atoms with van der Waals surface area (Å²) < 4.78 is 5.06. The lowest BCUT2D eigenvalue weighted by molar-refractivity contribution is 0.195. The van der Waals surface area contributed by atoms with Crippen molar-refractivity contribution in [1.82, 2.24) is 10.3 Å². The molecule has 0 radical (unpaired) electrons. The molecule has 0 spiro atoms. The molecular formula is C16H22N2O. The molecule has 2 atom stereocenters. The summed E-state index contributed by atoms with van der Waals surface area (Å²) in [6, 6.07) is 10.9. The van der Waals surface area contributed by atoms with Gasteiger partial charge in [0.1, 0.15) is 0 Å². The first kappa shape index (κ1) is 14.0. The lowest BCUT2D eigenvalue weighted by Gasteiger charge is -2.21. The summed E-state index contributed by atoms with van der Waals surface area (Å²) in [5, 5.41) is 4.68. The van der Waals surface area contributed by atoms with Crippen molar-refractivity contribution in [2.24, 2.45) is 0 Å². The van der Waals surface area contributed by atoms with Gasteiger partial charge in [-0.05, 0) is 30.5 Å². The van der Waals surface area contributed by atoms with E-state index in [1.165, 1.54) is 10.9 Å². The van der Waals surface area contributed by atoms with Gasteiger partial charge in [-0.1, -0.05) is 25.1 Å². The van der Waals surface area contributed by atoms with Gasteiger partial charge >= 0.3 is 0 Å². The maximum Gasteiger partial charge on any atom is 0.0702 e. The van der Waals surface area contributed by atoms with Crippen LogP contribution < -0.4 is 5.32 Å². The molecule has 2 aromatic rings. The van der Waals surface area contributed by atoms with Crippen LogP contribution in [0.3, 0.4) is 0 Å². The van der Waals surface area contributed by atoms with E-state index in [1.807, 2.05) is 18.3 Å². The third-order valence-electron chi connectivity index (χ3n) is 3.66. The fourth-order valence-electron chi connectivity index (χ4n) is 2.19. The van der Waals surface area contributed by atoms with E-state index in [9.17, 15) is 0 Å². The van der Waals surface area contributed by atoms with Crippen molar-refractivity contribution in [3.8, 4) is 0 Å². The number of hydrogen-bond donors (Lipinski definition) is 1. The van der Waals surface area contributed by atoms with E-state index in [1.54, 1.807) is 7.11 Å². The first-order valence-corrected chi connectivity index (χ1v) is 6.79. The molecule has 3 nitrogen and oxygen atoms in total. The molecule has 1 N–H and O–H groups in total. The smallest absolute Gasteiger partial charge is 0.0702 e. The van der Waals surface area contributed by atoms with Crippen LogP contribution in [0, 0.1) is 0 Å². The molecule has 0 saturated carbocycles. The number of fused-ring (bicyclic) bond motifs is 1. The van der Waals surface area contributed by atoms with Crippen LogP contribution in [0.25, 0.3) is 10.9 Å². The molecule has 1 aromatic heterocycles. The van der Waals surface area contributed by atoms with E-state index in [0.29, 0.717) is 12.0 Å². The Labute approximate surface area is 115 Å². The number of ether oxygens (including phenoxy) is 1. The second-order valence-corrected chi connectivity index (χ2v) is 4.99. The van der Waals surface area contributed by atoms with Gasteiger partial charge in [0, 0.05) is 31.3 Å². The molecular weight excluding hydrogens is 236 g/mol.